The molecule has 3 rings (SSSR count). The molecule has 0 bridgehead atoms. The van der Waals surface area contributed by atoms with Gasteiger partial charge in [-0.05, 0) is 55.6 Å². The van der Waals surface area contributed by atoms with Gasteiger partial charge in [0.2, 0.25) is 0 Å². The van der Waals surface area contributed by atoms with E-state index in [9.17, 15) is 0 Å². The highest BCUT2D eigenvalue weighted by Crippen LogP contribution is 2.16. The molecule has 0 aliphatic carbocycles. The number of nitrogens with one attached hydrogen (secondary N) is 1. The first kappa shape index (κ1) is 23.5. The molecule has 0 aromatic heterocycles. The third kappa shape index (κ3) is 8.50. The fraction of sp³-hybridized carbons (Fsp3) is 0.500. The van der Waals surface area contributed by atoms with Crippen molar-refractivity contribution in [1.82, 2.24) is 0 Å². The van der Waals surface area contributed by atoms with Crippen LogP contribution in [0.1, 0.15) is 44.2 Å². The van der Waals surface area contributed by atoms with Crippen LogP contribution in [0, 0.1) is 17.8 Å². The highest BCUT2D eigenvalue weighted by molar-refractivity contribution is 5.16. The molecule has 1 saturated heterocycles. The summed E-state index contributed by atoms with van der Waals surface area (Å²) in [7, 11) is 0. The molecule has 1 aliphatic heterocycles. The quantitative estimate of drug-likeness (QED) is 0.465. The van der Waals surface area contributed by atoms with Gasteiger partial charge in [-0.15, -0.1) is 0 Å². The normalized spacial score (nSPS) is 20.5. The van der Waals surface area contributed by atoms with Crippen molar-refractivity contribution in [2.75, 3.05) is 32.8 Å². The second-order valence-corrected chi connectivity index (χ2v) is 8.83. The van der Waals surface area contributed by atoms with Crippen molar-refractivity contribution >= 4 is 0 Å². The van der Waals surface area contributed by atoms with Crippen molar-refractivity contribution in [3.63, 3.8) is 0 Å². The molecule has 166 valence electrons. The highest BCUT2D eigenvalue weighted by Gasteiger charge is 2.22. The highest BCUT2D eigenvalue weighted by atomic mass is 16.5. The minimum atomic E-state index is -0.388. The molecule has 1 aliphatic rings. The summed E-state index contributed by atoms with van der Waals surface area (Å²) in [6, 6.07) is 21.1. The standard InChI is InChI=1S/C28H37NO2/c1-3-28(2,31-22-21-30-24-27-13-8-5-9-14-27)17-10-18-29-19-15-26(16-20-29)23-25-11-6-4-7-12-25/h4-9,11-14,26H,3,15-16,18-24H2,1-2H3/p+1/t28-/m1/s1. The van der Waals surface area contributed by atoms with E-state index < -0.39 is 0 Å². The molecular weight excluding hydrogens is 382 g/mol. The maximum Gasteiger partial charge on any atom is 0.139 e. The van der Waals surface area contributed by atoms with Crippen molar-refractivity contribution in [2.24, 2.45) is 5.92 Å². The number of hydrogen-bond acceptors (Lipinski definition) is 2. The van der Waals surface area contributed by atoms with Gasteiger partial charge in [0.15, 0.2) is 0 Å². The average molecular weight is 421 g/mol. The number of hydrogen-bond donors (Lipinski definition) is 1. The maximum atomic E-state index is 6.08. The van der Waals surface area contributed by atoms with E-state index in [1.165, 1.54) is 43.5 Å². The first-order valence-corrected chi connectivity index (χ1v) is 11.8. The summed E-state index contributed by atoms with van der Waals surface area (Å²) in [4.78, 5) is 1.61. The van der Waals surface area contributed by atoms with Crippen LogP contribution >= 0.6 is 0 Å². The van der Waals surface area contributed by atoms with Crippen LogP contribution < -0.4 is 4.90 Å². The number of quaternary nitrogens is 1. The smallest absolute Gasteiger partial charge is 0.139 e. The molecule has 0 amide bonds. The van der Waals surface area contributed by atoms with Gasteiger partial charge in [-0.25, -0.2) is 0 Å². The minimum Gasteiger partial charge on any atom is -0.374 e. The number of likely N-dealkylation sites (tertiary alicyclic amines) is 1. The van der Waals surface area contributed by atoms with Crippen LogP contribution in [0.15, 0.2) is 60.7 Å². The summed E-state index contributed by atoms with van der Waals surface area (Å²) in [6.07, 6.45) is 4.69. The molecule has 0 saturated carbocycles. The Bertz CT molecular complexity index is 803. The minimum absolute atomic E-state index is 0.388. The number of benzene rings is 2. The average Bonchev–Trinajstić information content (AvgIpc) is 2.81. The van der Waals surface area contributed by atoms with E-state index in [2.05, 4.69) is 68.2 Å². The predicted molar refractivity (Wildman–Crippen MR) is 127 cm³/mol. The molecule has 3 heteroatoms. The van der Waals surface area contributed by atoms with Gasteiger partial charge in [0.1, 0.15) is 12.1 Å². The fourth-order valence-corrected chi connectivity index (χ4v) is 4.09. The fourth-order valence-electron chi connectivity index (χ4n) is 4.09. The summed E-state index contributed by atoms with van der Waals surface area (Å²) in [5, 5.41) is 0. The molecule has 1 fully saturated rings. The SMILES string of the molecule is CC[C@](C)(C#CC[NH+]1CCC(Cc2ccccc2)CC1)OCCOCc1ccccc1. The van der Waals surface area contributed by atoms with E-state index in [4.69, 9.17) is 9.47 Å². The third-order valence-corrected chi connectivity index (χ3v) is 6.31. The lowest BCUT2D eigenvalue weighted by atomic mass is 9.90. The first-order valence-electron chi connectivity index (χ1n) is 11.8. The molecule has 2 aromatic rings. The Hall–Kier alpha value is -2.12. The Balaban J connectivity index is 1.33. The third-order valence-electron chi connectivity index (χ3n) is 6.31. The summed E-state index contributed by atoms with van der Waals surface area (Å²) in [6.45, 7) is 9.40. The second kappa shape index (κ2) is 12.7. The summed E-state index contributed by atoms with van der Waals surface area (Å²) < 4.78 is 11.8. The van der Waals surface area contributed by atoms with Gasteiger partial charge in [-0.1, -0.05) is 73.5 Å². The Labute approximate surface area is 188 Å². The topological polar surface area (TPSA) is 22.9 Å². The van der Waals surface area contributed by atoms with Gasteiger partial charge >= 0.3 is 0 Å². The van der Waals surface area contributed by atoms with Gasteiger partial charge in [0, 0.05) is 0 Å². The van der Waals surface area contributed by atoms with Crippen LogP contribution in [0.3, 0.4) is 0 Å². The molecule has 1 heterocycles. The Morgan fingerprint density at radius 2 is 1.58 bits per heavy atom. The molecule has 0 spiro atoms. The zero-order valence-electron chi connectivity index (χ0n) is 19.2. The Morgan fingerprint density at radius 3 is 2.23 bits per heavy atom. The maximum absolute atomic E-state index is 6.08. The molecule has 1 N–H and O–H groups in total. The van der Waals surface area contributed by atoms with E-state index in [0.29, 0.717) is 19.8 Å². The van der Waals surface area contributed by atoms with Gasteiger partial charge in [-0.2, -0.15) is 0 Å². The molecular formula is C28H38NO2+. The van der Waals surface area contributed by atoms with Crippen molar-refractivity contribution in [3.05, 3.63) is 71.8 Å². The Morgan fingerprint density at radius 1 is 0.935 bits per heavy atom. The van der Waals surface area contributed by atoms with Gasteiger partial charge < -0.3 is 14.4 Å². The zero-order valence-corrected chi connectivity index (χ0v) is 19.2. The zero-order chi connectivity index (χ0) is 21.8. The first-order chi connectivity index (χ1) is 15.2. The summed E-state index contributed by atoms with van der Waals surface area (Å²) >= 11 is 0. The molecule has 3 nitrogen and oxygen atoms in total. The summed E-state index contributed by atoms with van der Waals surface area (Å²) in [5.74, 6) is 7.65. The van der Waals surface area contributed by atoms with E-state index >= 15 is 0 Å². The largest absolute Gasteiger partial charge is 0.374 e. The molecule has 2 aromatic carbocycles. The van der Waals surface area contributed by atoms with Crippen LogP contribution in [0.2, 0.25) is 0 Å². The predicted octanol–water partition coefficient (Wildman–Crippen LogP) is 3.93. The van der Waals surface area contributed by atoms with E-state index in [-0.39, 0.29) is 5.60 Å². The van der Waals surface area contributed by atoms with Crippen LogP contribution in [-0.2, 0) is 22.5 Å². The van der Waals surface area contributed by atoms with Crippen LogP contribution in [0.5, 0.6) is 0 Å². The lowest BCUT2D eigenvalue weighted by molar-refractivity contribution is -0.899. The van der Waals surface area contributed by atoms with Crippen LogP contribution in [-0.4, -0.2) is 38.4 Å². The van der Waals surface area contributed by atoms with Crippen LogP contribution in [0.4, 0.5) is 0 Å². The van der Waals surface area contributed by atoms with Crippen molar-refractivity contribution in [2.45, 2.75) is 51.7 Å². The second-order valence-electron chi connectivity index (χ2n) is 8.83. The number of ether oxygens (including phenoxy) is 2. The molecule has 0 radical (unpaired) electrons. The molecule has 0 unspecified atom stereocenters. The van der Waals surface area contributed by atoms with Gasteiger partial charge in [0.25, 0.3) is 0 Å². The molecule has 1 atom stereocenters. The van der Waals surface area contributed by atoms with Crippen molar-refractivity contribution < 1.29 is 14.4 Å². The number of rotatable bonds is 10. The molecule has 31 heavy (non-hydrogen) atoms. The Kier molecular flexibility index (Phi) is 9.62. The lowest BCUT2D eigenvalue weighted by Gasteiger charge is -2.28. The summed E-state index contributed by atoms with van der Waals surface area (Å²) in [5.41, 5.74) is 2.27. The van der Waals surface area contributed by atoms with Gasteiger partial charge in [0.05, 0.1) is 32.9 Å². The van der Waals surface area contributed by atoms with E-state index in [1.807, 2.05) is 18.2 Å². The van der Waals surface area contributed by atoms with Gasteiger partial charge in [-0.3, -0.25) is 0 Å². The van der Waals surface area contributed by atoms with E-state index in [1.54, 1.807) is 4.90 Å². The lowest BCUT2D eigenvalue weighted by Crippen LogP contribution is -3.13. The van der Waals surface area contributed by atoms with Crippen molar-refractivity contribution in [3.8, 4) is 11.8 Å². The number of piperidine rings is 1. The monoisotopic (exact) mass is 420 g/mol. The van der Waals surface area contributed by atoms with E-state index in [0.717, 1.165) is 18.9 Å². The van der Waals surface area contributed by atoms with Crippen molar-refractivity contribution in [1.29, 1.82) is 0 Å². The van der Waals surface area contributed by atoms with Crippen LogP contribution in [0.25, 0.3) is 0 Å².